The molecule has 1 aromatic heterocycles. The minimum absolute atomic E-state index is 0.783. The maximum absolute atomic E-state index is 5.77. The zero-order valence-corrected chi connectivity index (χ0v) is 8.07. The van der Waals surface area contributed by atoms with Crippen molar-refractivity contribution in [1.29, 1.82) is 0 Å². The first-order chi connectivity index (χ1) is 6.75. The van der Waals surface area contributed by atoms with Gasteiger partial charge in [-0.3, -0.25) is 4.98 Å². The Balaban J connectivity index is 2.52. The van der Waals surface area contributed by atoms with Crippen LogP contribution < -0.4 is 5.73 Å². The lowest BCUT2D eigenvalue weighted by molar-refractivity contribution is 1.32. The van der Waals surface area contributed by atoms with E-state index in [1.807, 2.05) is 37.3 Å². The van der Waals surface area contributed by atoms with E-state index in [9.17, 15) is 0 Å². The third-order valence-electron chi connectivity index (χ3n) is 2.06. The average Bonchev–Trinajstić information content (AvgIpc) is 2.18. The Kier molecular flexibility index (Phi) is 2.19. The predicted molar refractivity (Wildman–Crippen MR) is 58.8 cm³/mol. The van der Waals surface area contributed by atoms with Gasteiger partial charge >= 0.3 is 0 Å². The van der Waals surface area contributed by atoms with Crippen LogP contribution in [0.4, 0.5) is 5.69 Å². The van der Waals surface area contributed by atoms with Gasteiger partial charge in [-0.25, -0.2) is 0 Å². The Hall–Kier alpha value is -1.83. The molecule has 2 nitrogen and oxygen atoms in total. The zero-order valence-electron chi connectivity index (χ0n) is 8.07. The summed E-state index contributed by atoms with van der Waals surface area (Å²) in [5.41, 5.74) is 9.74. The SMILES string of the molecule is Cc1cc(N)cc(-c2ccccn2)c1. The number of aromatic nitrogens is 1. The normalized spacial score (nSPS) is 10.1. The molecule has 0 saturated heterocycles. The highest BCUT2D eigenvalue weighted by Gasteiger charge is 1.99. The van der Waals surface area contributed by atoms with Crippen LogP contribution in [-0.2, 0) is 0 Å². The summed E-state index contributed by atoms with van der Waals surface area (Å²) >= 11 is 0. The highest BCUT2D eigenvalue weighted by Crippen LogP contribution is 2.20. The zero-order chi connectivity index (χ0) is 9.97. The molecule has 2 rings (SSSR count). The monoisotopic (exact) mass is 184 g/mol. The van der Waals surface area contributed by atoms with Gasteiger partial charge in [-0.2, -0.15) is 0 Å². The molecule has 0 fully saturated rings. The minimum atomic E-state index is 0.783. The summed E-state index contributed by atoms with van der Waals surface area (Å²) in [5.74, 6) is 0. The van der Waals surface area contributed by atoms with Crippen LogP contribution in [0, 0.1) is 6.92 Å². The second kappa shape index (κ2) is 3.50. The number of hydrogen-bond acceptors (Lipinski definition) is 2. The molecule has 1 heterocycles. The van der Waals surface area contributed by atoms with Crippen molar-refractivity contribution < 1.29 is 0 Å². The number of aryl methyl sites for hydroxylation is 1. The van der Waals surface area contributed by atoms with Crippen molar-refractivity contribution in [3.05, 3.63) is 48.2 Å². The van der Waals surface area contributed by atoms with Gasteiger partial charge in [0.05, 0.1) is 5.69 Å². The van der Waals surface area contributed by atoms with E-state index in [1.54, 1.807) is 6.20 Å². The van der Waals surface area contributed by atoms with Crippen molar-refractivity contribution in [3.63, 3.8) is 0 Å². The van der Waals surface area contributed by atoms with Gasteiger partial charge in [-0.15, -0.1) is 0 Å². The molecule has 0 saturated carbocycles. The average molecular weight is 184 g/mol. The smallest absolute Gasteiger partial charge is 0.0702 e. The Morgan fingerprint density at radius 1 is 1.14 bits per heavy atom. The lowest BCUT2D eigenvalue weighted by Crippen LogP contribution is -1.89. The number of pyridine rings is 1. The molecule has 0 atom stereocenters. The molecule has 2 N–H and O–H groups in total. The van der Waals surface area contributed by atoms with Crippen molar-refractivity contribution in [2.45, 2.75) is 6.92 Å². The van der Waals surface area contributed by atoms with E-state index in [-0.39, 0.29) is 0 Å². The second-order valence-electron chi connectivity index (χ2n) is 3.35. The first-order valence-corrected chi connectivity index (χ1v) is 4.54. The summed E-state index contributed by atoms with van der Waals surface area (Å²) in [6.07, 6.45) is 1.79. The van der Waals surface area contributed by atoms with E-state index < -0.39 is 0 Å². The van der Waals surface area contributed by atoms with Gasteiger partial charge in [-0.1, -0.05) is 6.07 Å². The molecule has 0 aliphatic rings. The molecule has 0 aliphatic carbocycles. The van der Waals surface area contributed by atoms with Gasteiger partial charge in [0, 0.05) is 17.4 Å². The quantitative estimate of drug-likeness (QED) is 0.692. The van der Waals surface area contributed by atoms with Crippen LogP contribution in [0.2, 0.25) is 0 Å². The second-order valence-corrected chi connectivity index (χ2v) is 3.35. The van der Waals surface area contributed by atoms with Crippen molar-refractivity contribution in [2.75, 3.05) is 5.73 Å². The number of anilines is 1. The molecule has 0 aliphatic heterocycles. The summed E-state index contributed by atoms with van der Waals surface area (Å²) in [4.78, 5) is 4.28. The minimum Gasteiger partial charge on any atom is -0.399 e. The van der Waals surface area contributed by atoms with Crippen molar-refractivity contribution in [3.8, 4) is 11.3 Å². The molecule has 0 unspecified atom stereocenters. The summed E-state index contributed by atoms with van der Waals surface area (Å²) in [6, 6.07) is 11.8. The van der Waals surface area contributed by atoms with Crippen molar-refractivity contribution in [1.82, 2.24) is 4.98 Å². The first kappa shape index (κ1) is 8.75. The topological polar surface area (TPSA) is 38.9 Å². The summed E-state index contributed by atoms with van der Waals surface area (Å²) in [7, 11) is 0. The molecule has 2 aromatic rings. The Morgan fingerprint density at radius 2 is 2.00 bits per heavy atom. The van der Waals surface area contributed by atoms with Gasteiger partial charge in [0.1, 0.15) is 0 Å². The van der Waals surface area contributed by atoms with Gasteiger partial charge in [0.25, 0.3) is 0 Å². The van der Waals surface area contributed by atoms with Gasteiger partial charge in [-0.05, 0) is 42.8 Å². The van der Waals surface area contributed by atoms with Crippen LogP contribution in [0.3, 0.4) is 0 Å². The predicted octanol–water partition coefficient (Wildman–Crippen LogP) is 2.64. The number of rotatable bonds is 1. The van der Waals surface area contributed by atoms with Crippen molar-refractivity contribution in [2.24, 2.45) is 0 Å². The Labute approximate surface area is 83.4 Å². The maximum Gasteiger partial charge on any atom is 0.0702 e. The highest BCUT2D eigenvalue weighted by molar-refractivity contribution is 5.65. The van der Waals surface area contributed by atoms with Crippen LogP contribution in [0.25, 0.3) is 11.3 Å². The fraction of sp³-hybridized carbons (Fsp3) is 0.0833. The number of hydrogen-bond donors (Lipinski definition) is 1. The molecule has 14 heavy (non-hydrogen) atoms. The standard InChI is InChI=1S/C12H12N2/c1-9-6-10(8-11(13)7-9)12-4-2-3-5-14-12/h2-8H,13H2,1H3. The molecular weight excluding hydrogens is 172 g/mol. The highest BCUT2D eigenvalue weighted by atomic mass is 14.7. The number of benzene rings is 1. The number of nitrogen functional groups attached to an aromatic ring is 1. The van der Waals surface area contributed by atoms with Crippen LogP contribution in [0.15, 0.2) is 42.6 Å². The lowest BCUT2D eigenvalue weighted by atomic mass is 10.1. The van der Waals surface area contributed by atoms with Gasteiger partial charge < -0.3 is 5.73 Å². The van der Waals surface area contributed by atoms with Gasteiger partial charge in [0.2, 0.25) is 0 Å². The van der Waals surface area contributed by atoms with Crippen LogP contribution in [-0.4, -0.2) is 4.98 Å². The summed E-state index contributed by atoms with van der Waals surface area (Å²) in [5, 5.41) is 0. The molecular formula is C12H12N2. The Morgan fingerprint density at radius 3 is 2.64 bits per heavy atom. The molecule has 0 bridgehead atoms. The first-order valence-electron chi connectivity index (χ1n) is 4.54. The van der Waals surface area contributed by atoms with E-state index in [1.165, 1.54) is 0 Å². The largest absolute Gasteiger partial charge is 0.399 e. The van der Waals surface area contributed by atoms with E-state index in [0.29, 0.717) is 0 Å². The molecule has 0 spiro atoms. The summed E-state index contributed by atoms with van der Waals surface area (Å²) < 4.78 is 0. The molecule has 0 amide bonds. The molecule has 0 radical (unpaired) electrons. The fourth-order valence-corrected chi connectivity index (χ4v) is 1.49. The van der Waals surface area contributed by atoms with Crippen LogP contribution >= 0.6 is 0 Å². The lowest BCUT2D eigenvalue weighted by Gasteiger charge is -2.03. The molecule has 2 heteroatoms. The van der Waals surface area contributed by atoms with Crippen molar-refractivity contribution >= 4 is 5.69 Å². The van der Waals surface area contributed by atoms with E-state index in [2.05, 4.69) is 11.1 Å². The van der Waals surface area contributed by atoms with E-state index in [0.717, 1.165) is 22.5 Å². The number of nitrogens with zero attached hydrogens (tertiary/aromatic N) is 1. The third-order valence-corrected chi connectivity index (χ3v) is 2.06. The molecule has 1 aromatic carbocycles. The Bertz CT molecular complexity index is 415. The third kappa shape index (κ3) is 1.74. The van der Waals surface area contributed by atoms with Crippen LogP contribution in [0.1, 0.15) is 5.56 Å². The fourth-order valence-electron chi connectivity index (χ4n) is 1.49. The van der Waals surface area contributed by atoms with E-state index >= 15 is 0 Å². The summed E-state index contributed by atoms with van der Waals surface area (Å²) in [6.45, 7) is 2.03. The van der Waals surface area contributed by atoms with Crippen LogP contribution in [0.5, 0.6) is 0 Å². The molecule has 70 valence electrons. The maximum atomic E-state index is 5.77. The number of nitrogens with two attached hydrogens (primary N) is 1. The van der Waals surface area contributed by atoms with Gasteiger partial charge in [0.15, 0.2) is 0 Å². The van der Waals surface area contributed by atoms with E-state index in [4.69, 9.17) is 5.73 Å².